The van der Waals surface area contributed by atoms with Crippen molar-refractivity contribution in [1.29, 1.82) is 0 Å². The number of allylic oxidation sites excluding steroid dienone is 1. The summed E-state index contributed by atoms with van der Waals surface area (Å²) in [4.78, 5) is 0. The molecule has 1 aliphatic heterocycles. The fraction of sp³-hybridized carbons (Fsp3) is 0.429. The van der Waals surface area contributed by atoms with E-state index in [1.54, 1.807) is 13.4 Å². The van der Waals surface area contributed by atoms with Crippen LogP contribution in [0.15, 0.2) is 36.6 Å². The van der Waals surface area contributed by atoms with Crippen LogP contribution in [0.1, 0.15) is 18.4 Å². The van der Waals surface area contributed by atoms with Crippen molar-refractivity contribution in [2.45, 2.75) is 25.5 Å². The molecule has 92 valence electrons. The number of benzene rings is 1. The van der Waals surface area contributed by atoms with E-state index in [4.69, 9.17) is 9.47 Å². The van der Waals surface area contributed by atoms with Crippen LogP contribution in [-0.2, 0) is 11.3 Å². The van der Waals surface area contributed by atoms with Gasteiger partial charge in [-0.25, -0.2) is 0 Å². The van der Waals surface area contributed by atoms with E-state index in [-0.39, 0.29) is 0 Å². The first-order chi connectivity index (χ1) is 8.38. The van der Waals surface area contributed by atoms with E-state index in [0.717, 1.165) is 31.7 Å². The van der Waals surface area contributed by atoms with Gasteiger partial charge in [0.2, 0.25) is 0 Å². The van der Waals surface area contributed by atoms with Crippen molar-refractivity contribution in [2.24, 2.45) is 0 Å². The lowest BCUT2D eigenvalue weighted by Crippen LogP contribution is -2.28. The minimum Gasteiger partial charge on any atom is -0.497 e. The molecule has 1 aliphatic rings. The largest absolute Gasteiger partial charge is 0.497 e. The van der Waals surface area contributed by atoms with Gasteiger partial charge in [-0.3, -0.25) is 0 Å². The monoisotopic (exact) mass is 233 g/mol. The zero-order valence-corrected chi connectivity index (χ0v) is 10.2. The topological polar surface area (TPSA) is 30.5 Å². The smallest absolute Gasteiger partial charge is 0.119 e. The normalized spacial score (nSPS) is 18.8. The first-order valence-electron chi connectivity index (χ1n) is 6.02. The summed E-state index contributed by atoms with van der Waals surface area (Å²) in [5.41, 5.74) is 1.23. The highest BCUT2D eigenvalue weighted by atomic mass is 16.5. The summed E-state index contributed by atoms with van der Waals surface area (Å²) in [7, 11) is 1.69. The molecule has 0 spiro atoms. The Kier molecular flexibility index (Phi) is 4.45. The van der Waals surface area contributed by atoms with Gasteiger partial charge in [-0.2, -0.15) is 0 Å². The zero-order valence-electron chi connectivity index (χ0n) is 10.2. The van der Waals surface area contributed by atoms with Crippen LogP contribution in [-0.4, -0.2) is 19.8 Å². The second-order valence-electron chi connectivity index (χ2n) is 4.19. The molecule has 0 radical (unpaired) electrons. The van der Waals surface area contributed by atoms with Crippen molar-refractivity contribution in [3.05, 3.63) is 42.2 Å². The molecular weight excluding hydrogens is 214 g/mol. The van der Waals surface area contributed by atoms with Crippen LogP contribution in [0, 0.1) is 0 Å². The first kappa shape index (κ1) is 12.0. The molecule has 17 heavy (non-hydrogen) atoms. The van der Waals surface area contributed by atoms with E-state index >= 15 is 0 Å². The molecule has 0 aliphatic carbocycles. The molecular formula is C14H19NO2. The molecule has 0 saturated carbocycles. The van der Waals surface area contributed by atoms with Gasteiger partial charge < -0.3 is 14.8 Å². The third-order valence-corrected chi connectivity index (χ3v) is 2.86. The quantitative estimate of drug-likeness (QED) is 0.847. The van der Waals surface area contributed by atoms with E-state index < -0.39 is 0 Å². The number of ether oxygens (including phenoxy) is 2. The summed E-state index contributed by atoms with van der Waals surface area (Å²) in [6.45, 7) is 1.74. The van der Waals surface area contributed by atoms with Crippen molar-refractivity contribution >= 4 is 0 Å². The van der Waals surface area contributed by atoms with Gasteiger partial charge in [-0.1, -0.05) is 12.1 Å². The molecule has 0 fully saturated rings. The van der Waals surface area contributed by atoms with E-state index in [9.17, 15) is 0 Å². The van der Waals surface area contributed by atoms with Crippen molar-refractivity contribution in [2.75, 3.05) is 13.7 Å². The van der Waals surface area contributed by atoms with Crippen molar-refractivity contribution in [1.82, 2.24) is 5.32 Å². The average Bonchev–Trinajstić information content (AvgIpc) is 2.40. The van der Waals surface area contributed by atoms with Crippen LogP contribution in [0.5, 0.6) is 5.75 Å². The van der Waals surface area contributed by atoms with E-state index in [1.165, 1.54) is 5.56 Å². The minimum atomic E-state index is 0.311. The van der Waals surface area contributed by atoms with Gasteiger partial charge in [0.05, 0.1) is 13.4 Å². The molecule has 1 unspecified atom stereocenters. The highest BCUT2D eigenvalue weighted by Crippen LogP contribution is 2.13. The molecule has 0 amide bonds. The van der Waals surface area contributed by atoms with Gasteiger partial charge in [0, 0.05) is 13.1 Å². The van der Waals surface area contributed by atoms with E-state index in [1.807, 2.05) is 12.1 Å². The second-order valence-corrected chi connectivity index (χ2v) is 4.19. The SMILES string of the molecule is COc1cccc(CNCC2CCC=CO2)c1. The van der Waals surface area contributed by atoms with Gasteiger partial charge in [-0.05, 0) is 36.6 Å². The van der Waals surface area contributed by atoms with Gasteiger partial charge in [0.15, 0.2) is 0 Å². The summed E-state index contributed by atoms with van der Waals surface area (Å²) in [5, 5.41) is 3.41. The summed E-state index contributed by atoms with van der Waals surface area (Å²) < 4.78 is 10.7. The Morgan fingerprint density at radius 3 is 3.18 bits per heavy atom. The number of hydrogen-bond acceptors (Lipinski definition) is 3. The zero-order chi connectivity index (χ0) is 11.9. The molecule has 1 aromatic carbocycles. The Labute approximate surface area is 102 Å². The molecule has 3 heteroatoms. The molecule has 2 rings (SSSR count). The molecule has 1 heterocycles. The fourth-order valence-corrected chi connectivity index (χ4v) is 1.89. The molecule has 0 bridgehead atoms. The van der Waals surface area contributed by atoms with E-state index in [0.29, 0.717) is 6.10 Å². The average molecular weight is 233 g/mol. The first-order valence-corrected chi connectivity index (χ1v) is 6.02. The van der Waals surface area contributed by atoms with Crippen LogP contribution >= 0.6 is 0 Å². The standard InChI is InChI=1S/C14H19NO2/c1-16-13-7-4-5-12(9-13)10-15-11-14-6-2-3-8-17-14/h3-5,7-9,14-15H,2,6,10-11H2,1H3. The molecule has 3 nitrogen and oxygen atoms in total. The lowest BCUT2D eigenvalue weighted by atomic mass is 10.1. The molecule has 1 aromatic rings. The van der Waals surface area contributed by atoms with Crippen molar-refractivity contribution in [3.63, 3.8) is 0 Å². The van der Waals surface area contributed by atoms with Crippen LogP contribution in [0.4, 0.5) is 0 Å². The Bertz CT molecular complexity index is 376. The van der Waals surface area contributed by atoms with Crippen LogP contribution in [0.3, 0.4) is 0 Å². The lowest BCUT2D eigenvalue weighted by molar-refractivity contribution is 0.122. The molecule has 0 saturated heterocycles. The molecule has 1 N–H and O–H groups in total. The predicted octanol–water partition coefficient (Wildman–Crippen LogP) is 2.48. The van der Waals surface area contributed by atoms with E-state index in [2.05, 4.69) is 23.5 Å². The maximum absolute atomic E-state index is 5.49. The third kappa shape index (κ3) is 3.79. The third-order valence-electron chi connectivity index (χ3n) is 2.86. The fourth-order valence-electron chi connectivity index (χ4n) is 1.89. The maximum Gasteiger partial charge on any atom is 0.119 e. The van der Waals surface area contributed by atoms with Crippen molar-refractivity contribution < 1.29 is 9.47 Å². The molecule has 1 atom stereocenters. The Hall–Kier alpha value is -1.48. The molecule has 0 aromatic heterocycles. The number of methoxy groups -OCH3 is 1. The Balaban J connectivity index is 1.75. The number of rotatable bonds is 5. The highest BCUT2D eigenvalue weighted by Gasteiger charge is 2.09. The summed E-state index contributed by atoms with van der Waals surface area (Å²) in [5.74, 6) is 0.904. The van der Waals surface area contributed by atoms with Gasteiger partial charge in [-0.15, -0.1) is 0 Å². The predicted molar refractivity (Wildman–Crippen MR) is 67.9 cm³/mol. The Morgan fingerprint density at radius 2 is 2.41 bits per heavy atom. The van der Waals surface area contributed by atoms with Gasteiger partial charge in [0.1, 0.15) is 11.9 Å². The lowest BCUT2D eigenvalue weighted by Gasteiger charge is -2.19. The second kappa shape index (κ2) is 6.30. The van der Waals surface area contributed by atoms with Gasteiger partial charge >= 0.3 is 0 Å². The van der Waals surface area contributed by atoms with Crippen LogP contribution < -0.4 is 10.1 Å². The van der Waals surface area contributed by atoms with Crippen LogP contribution in [0.25, 0.3) is 0 Å². The Morgan fingerprint density at radius 1 is 1.47 bits per heavy atom. The van der Waals surface area contributed by atoms with Crippen LogP contribution in [0.2, 0.25) is 0 Å². The maximum atomic E-state index is 5.49. The number of hydrogen-bond donors (Lipinski definition) is 1. The number of nitrogens with one attached hydrogen (secondary N) is 1. The highest BCUT2D eigenvalue weighted by molar-refractivity contribution is 5.28. The summed E-state index contributed by atoms with van der Waals surface area (Å²) >= 11 is 0. The van der Waals surface area contributed by atoms with Crippen molar-refractivity contribution in [3.8, 4) is 5.75 Å². The summed E-state index contributed by atoms with van der Waals surface area (Å²) in [6.07, 6.45) is 6.40. The minimum absolute atomic E-state index is 0.311. The summed E-state index contributed by atoms with van der Waals surface area (Å²) in [6, 6.07) is 8.11. The van der Waals surface area contributed by atoms with Gasteiger partial charge in [0.25, 0.3) is 0 Å².